The van der Waals surface area contributed by atoms with Crippen molar-refractivity contribution in [2.24, 2.45) is 0 Å². The number of pyridine rings is 1. The first kappa shape index (κ1) is 27.3. The van der Waals surface area contributed by atoms with Gasteiger partial charge in [0.05, 0.1) is 12.2 Å². The third-order valence-electron chi connectivity index (χ3n) is 4.42. The third-order valence-corrected chi connectivity index (χ3v) is 5.59. The molecule has 3 aromatic rings. The first-order valence-corrected chi connectivity index (χ1v) is 10.1. The zero-order valence-electron chi connectivity index (χ0n) is 17.3. The van der Waals surface area contributed by atoms with Crippen LogP contribution in [0.1, 0.15) is 18.4 Å². The molecule has 0 aliphatic carbocycles. The molecule has 0 aliphatic heterocycles. The quantitative estimate of drug-likeness (QED) is 0.267. The minimum atomic E-state index is -1.66. The van der Waals surface area contributed by atoms with Crippen LogP contribution in [0.3, 0.4) is 0 Å². The Balaban J connectivity index is 0.00000385. The molecule has 3 rings (SSSR count). The summed E-state index contributed by atoms with van der Waals surface area (Å²) in [6.45, 7) is 0. The Labute approximate surface area is 212 Å². The average Bonchev–Trinajstić information content (AvgIpc) is 2.72. The van der Waals surface area contributed by atoms with Crippen LogP contribution < -0.4 is 34.7 Å². The van der Waals surface area contributed by atoms with Crippen molar-refractivity contribution in [2.75, 3.05) is 0 Å². The van der Waals surface area contributed by atoms with E-state index in [4.69, 9.17) is 0 Å². The minimum absolute atomic E-state index is 0. The monoisotopic (exact) mass is 489 g/mol. The van der Waals surface area contributed by atoms with Gasteiger partial charge in [-0.15, -0.1) is 0 Å². The predicted molar refractivity (Wildman–Crippen MR) is 107 cm³/mol. The van der Waals surface area contributed by atoms with Gasteiger partial charge >= 0.3 is 29.6 Å². The van der Waals surface area contributed by atoms with Crippen molar-refractivity contribution in [1.29, 1.82) is 0 Å². The molecule has 1 aromatic heterocycles. The molecule has 0 bridgehead atoms. The van der Waals surface area contributed by atoms with Gasteiger partial charge in [0.25, 0.3) is 0 Å². The van der Waals surface area contributed by atoms with Crippen molar-refractivity contribution >= 4 is 34.7 Å². The predicted octanol–water partition coefficient (Wildman–Crippen LogP) is 0.211. The van der Waals surface area contributed by atoms with Crippen LogP contribution in [0.2, 0.25) is 0 Å². The van der Waals surface area contributed by atoms with Gasteiger partial charge in [-0.1, -0.05) is 23.9 Å². The van der Waals surface area contributed by atoms with Crippen LogP contribution in [0, 0.1) is 23.3 Å². The second-order valence-corrected chi connectivity index (χ2v) is 7.96. The number of carboxylic acids is 1. The number of carboxylic acid groups (broad SMARTS) is 1. The van der Waals surface area contributed by atoms with E-state index in [2.05, 4.69) is 4.98 Å². The summed E-state index contributed by atoms with van der Waals surface area (Å²) in [7, 11) is 0. The molecule has 0 spiro atoms. The van der Waals surface area contributed by atoms with E-state index >= 15 is 0 Å². The summed E-state index contributed by atoms with van der Waals surface area (Å²) >= 11 is 1.02. The summed E-state index contributed by atoms with van der Waals surface area (Å²) < 4.78 is 55.1. The smallest absolute Gasteiger partial charge is 0.550 e. The van der Waals surface area contributed by atoms with Crippen LogP contribution in [0.15, 0.2) is 52.4 Å². The number of carbonyl (C=O) groups excluding carboxylic acids is 1. The van der Waals surface area contributed by atoms with E-state index in [9.17, 15) is 37.7 Å². The Hall–Kier alpha value is -1.95. The van der Waals surface area contributed by atoms with E-state index in [0.717, 1.165) is 17.8 Å². The van der Waals surface area contributed by atoms with Crippen molar-refractivity contribution in [1.82, 2.24) is 4.98 Å². The normalized spacial score (nSPS) is 13.2. The fraction of sp³-hybridized carbons (Fsp3) is 0.182. The maximum absolute atomic E-state index is 14.2. The van der Waals surface area contributed by atoms with E-state index < -0.39 is 53.4 Å². The number of benzene rings is 2. The molecule has 0 aliphatic rings. The Morgan fingerprint density at radius 2 is 1.79 bits per heavy atom. The second-order valence-electron chi connectivity index (χ2n) is 6.87. The van der Waals surface area contributed by atoms with Gasteiger partial charge in [-0.2, -0.15) is 0 Å². The van der Waals surface area contributed by atoms with Gasteiger partial charge in [0.1, 0.15) is 11.3 Å². The number of hydrogen-bond donors (Lipinski definition) is 2. The molecule has 0 saturated heterocycles. The summed E-state index contributed by atoms with van der Waals surface area (Å²) in [6.07, 6.45) is 0.271. The number of aliphatic carboxylic acids is 1. The zero-order valence-corrected chi connectivity index (χ0v) is 20.1. The van der Waals surface area contributed by atoms with Gasteiger partial charge in [-0.05, 0) is 30.3 Å². The zero-order chi connectivity index (χ0) is 23.4. The van der Waals surface area contributed by atoms with E-state index in [-0.39, 0.29) is 46.3 Å². The number of carbonyl (C=O) groups is 1. The molecule has 1 heterocycles. The Morgan fingerprint density at radius 3 is 2.42 bits per heavy atom. The second kappa shape index (κ2) is 12.0. The number of rotatable bonds is 8. The van der Waals surface area contributed by atoms with Gasteiger partial charge in [-0.3, -0.25) is 4.98 Å². The molecule has 33 heavy (non-hydrogen) atoms. The van der Waals surface area contributed by atoms with Crippen molar-refractivity contribution in [2.45, 2.75) is 34.8 Å². The molecule has 0 fully saturated rings. The maximum Gasteiger partial charge on any atom is 1.00 e. The van der Waals surface area contributed by atoms with Gasteiger partial charge in [-0.25, -0.2) is 17.6 Å². The van der Waals surface area contributed by atoms with Crippen molar-refractivity contribution in [3.05, 3.63) is 71.4 Å². The standard InChI is InChI=1S/C22H17F4NO4S.Na/c23-12-2-5-15(6-3-12)32-22-11(1-4-13(28)7-14(29)8-18(30)31)10-27-21-16(22)9-17(24)19(25)20(21)26;/h1-6,9-10,13-14,28-29H,7-8H2,(H,30,31);/q;+1/p-1/b4-1+;/t13-,14-;/m1./s1. The molecule has 0 amide bonds. The van der Waals surface area contributed by atoms with Crippen LogP contribution in [-0.4, -0.2) is 33.4 Å². The van der Waals surface area contributed by atoms with E-state index in [1.54, 1.807) is 0 Å². The SMILES string of the molecule is O=C([O-])C[C@H](O)C[C@H](O)/C=C/c1cnc2c(F)c(F)c(F)cc2c1Sc1ccc(F)cc1.[Na+]. The molecule has 5 nitrogen and oxygen atoms in total. The van der Waals surface area contributed by atoms with Crippen molar-refractivity contribution in [3.63, 3.8) is 0 Å². The first-order chi connectivity index (χ1) is 15.2. The number of hydrogen-bond acceptors (Lipinski definition) is 6. The largest absolute Gasteiger partial charge is 1.00 e. The summed E-state index contributed by atoms with van der Waals surface area (Å²) in [5, 5.41) is 30.1. The van der Waals surface area contributed by atoms with E-state index in [0.29, 0.717) is 10.5 Å². The van der Waals surface area contributed by atoms with Gasteiger partial charge < -0.3 is 20.1 Å². The van der Waals surface area contributed by atoms with Crippen LogP contribution in [0.4, 0.5) is 17.6 Å². The van der Waals surface area contributed by atoms with Crippen molar-refractivity contribution in [3.8, 4) is 0 Å². The molecule has 0 unspecified atom stereocenters. The molecular weight excluding hydrogens is 473 g/mol. The van der Waals surface area contributed by atoms with Gasteiger partial charge in [0, 0.05) is 45.7 Å². The molecular formula is C22H16F4NNaO4S. The topological polar surface area (TPSA) is 93.5 Å². The molecule has 0 radical (unpaired) electrons. The fourth-order valence-electron chi connectivity index (χ4n) is 2.93. The Morgan fingerprint density at radius 1 is 1.12 bits per heavy atom. The van der Waals surface area contributed by atoms with Crippen LogP contribution in [-0.2, 0) is 4.79 Å². The van der Waals surface area contributed by atoms with E-state index in [1.807, 2.05) is 0 Å². The summed E-state index contributed by atoms with van der Waals surface area (Å²) in [4.78, 5) is 15.2. The molecule has 0 saturated carbocycles. The number of nitrogens with zero attached hydrogens (tertiary/aromatic N) is 1. The number of halogens is 4. The van der Waals surface area contributed by atoms with Crippen molar-refractivity contribution < 1.29 is 67.2 Å². The number of aromatic nitrogens is 1. The molecule has 2 atom stereocenters. The van der Waals surface area contributed by atoms with Gasteiger partial charge in [0.2, 0.25) is 0 Å². The molecule has 2 aromatic carbocycles. The molecule has 168 valence electrons. The van der Waals surface area contributed by atoms with E-state index in [1.165, 1.54) is 42.6 Å². The van der Waals surface area contributed by atoms with Crippen LogP contribution in [0.25, 0.3) is 17.0 Å². The number of fused-ring (bicyclic) bond motifs is 1. The molecule has 11 heteroatoms. The average molecular weight is 489 g/mol. The third kappa shape index (κ3) is 7.02. The van der Waals surface area contributed by atoms with Crippen LogP contribution >= 0.6 is 11.8 Å². The van der Waals surface area contributed by atoms with Crippen LogP contribution in [0.5, 0.6) is 0 Å². The summed E-state index contributed by atoms with van der Waals surface area (Å²) in [6, 6.07) is 6.08. The number of aliphatic hydroxyl groups excluding tert-OH is 2. The Bertz CT molecular complexity index is 1180. The Kier molecular flexibility index (Phi) is 9.89. The summed E-state index contributed by atoms with van der Waals surface area (Å²) in [5.74, 6) is -6.48. The maximum atomic E-state index is 14.2. The van der Waals surface area contributed by atoms with Gasteiger partial charge in [0.15, 0.2) is 17.5 Å². The summed E-state index contributed by atoms with van der Waals surface area (Å²) in [5.41, 5.74) is -0.110. The first-order valence-electron chi connectivity index (χ1n) is 9.29. The minimum Gasteiger partial charge on any atom is -0.550 e. The molecule has 2 N–H and O–H groups in total. The number of aliphatic hydroxyl groups is 2. The fourth-order valence-corrected chi connectivity index (χ4v) is 3.95.